The smallest absolute Gasteiger partial charge is 0.162 e. The fourth-order valence-corrected chi connectivity index (χ4v) is 3.09. The first-order chi connectivity index (χ1) is 9.14. The van der Waals surface area contributed by atoms with E-state index in [1.807, 2.05) is 12.1 Å². The van der Waals surface area contributed by atoms with E-state index in [0.717, 1.165) is 25.2 Å². The van der Waals surface area contributed by atoms with E-state index in [1.165, 1.54) is 19.3 Å². The Labute approximate surface area is 116 Å². The highest BCUT2D eigenvalue weighted by molar-refractivity contribution is 5.45. The quantitative estimate of drug-likeness (QED) is 0.883. The minimum atomic E-state index is 0.287. The molecular weight excluding hydrogens is 238 g/mol. The van der Waals surface area contributed by atoms with E-state index in [4.69, 9.17) is 4.74 Å². The van der Waals surface area contributed by atoms with E-state index >= 15 is 0 Å². The van der Waals surface area contributed by atoms with Crippen molar-refractivity contribution >= 4 is 0 Å². The minimum absolute atomic E-state index is 0.287. The van der Waals surface area contributed by atoms with Crippen molar-refractivity contribution in [1.29, 1.82) is 0 Å². The zero-order valence-corrected chi connectivity index (χ0v) is 12.3. The molecular formula is C16H25NO2. The van der Waals surface area contributed by atoms with E-state index in [0.29, 0.717) is 11.2 Å². The number of rotatable bonds is 5. The number of hydrogen-bond acceptors (Lipinski definition) is 3. The third kappa shape index (κ3) is 2.86. The highest BCUT2D eigenvalue weighted by Crippen LogP contribution is 2.38. The van der Waals surface area contributed by atoms with Crippen molar-refractivity contribution in [2.75, 3.05) is 20.2 Å². The van der Waals surface area contributed by atoms with Crippen molar-refractivity contribution in [3.05, 3.63) is 23.8 Å². The van der Waals surface area contributed by atoms with Gasteiger partial charge in [0, 0.05) is 18.7 Å². The van der Waals surface area contributed by atoms with Gasteiger partial charge >= 0.3 is 0 Å². The van der Waals surface area contributed by atoms with Crippen LogP contribution in [0.4, 0.5) is 0 Å². The second-order valence-electron chi connectivity index (χ2n) is 5.64. The number of phenolic OH excluding ortho intramolecular Hbond substituents is 1. The highest BCUT2D eigenvalue weighted by atomic mass is 16.5. The second-order valence-corrected chi connectivity index (χ2v) is 5.64. The third-order valence-electron chi connectivity index (χ3n) is 4.71. The van der Waals surface area contributed by atoms with Crippen LogP contribution in [0.2, 0.25) is 0 Å². The lowest BCUT2D eigenvalue weighted by atomic mass is 9.82. The molecule has 0 atom stereocenters. The lowest BCUT2D eigenvalue weighted by molar-refractivity contribution is 0.234. The second kappa shape index (κ2) is 5.83. The van der Waals surface area contributed by atoms with Gasteiger partial charge < -0.3 is 9.84 Å². The summed E-state index contributed by atoms with van der Waals surface area (Å²) in [6.45, 7) is 7.64. The summed E-state index contributed by atoms with van der Waals surface area (Å²) in [6.07, 6.45) is 3.75. The van der Waals surface area contributed by atoms with Crippen molar-refractivity contribution in [2.45, 2.75) is 39.7 Å². The Morgan fingerprint density at radius 2 is 2.05 bits per heavy atom. The summed E-state index contributed by atoms with van der Waals surface area (Å²) in [5.41, 5.74) is 1.44. The maximum Gasteiger partial charge on any atom is 0.162 e. The molecule has 3 heteroatoms. The summed E-state index contributed by atoms with van der Waals surface area (Å²) in [5.74, 6) is 0.851. The molecule has 1 N–H and O–H groups in total. The van der Waals surface area contributed by atoms with Gasteiger partial charge in [0.1, 0.15) is 0 Å². The zero-order chi connectivity index (χ0) is 13.9. The van der Waals surface area contributed by atoms with Crippen molar-refractivity contribution in [3.63, 3.8) is 0 Å². The number of likely N-dealkylation sites (tertiary alicyclic amines) is 1. The maximum absolute atomic E-state index is 10.1. The predicted octanol–water partition coefficient (Wildman–Crippen LogP) is 3.41. The molecule has 3 nitrogen and oxygen atoms in total. The molecule has 0 unspecified atom stereocenters. The Morgan fingerprint density at radius 1 is 1.32 bits per heavy atom. The van der Waals surface area contributed by atoms with Crippen molar-refractivity contribution in [2.24, 2.45) is 5.41 Å². The summed E-state index contributed by atoms with van der Waals surface area (Å²) in [7, 11) is 1.59. The number of aromatic hydroxyl groups is 1. The fraction of sp³-hybridized carbons (Fsp3) is 0.625. The summed E-state index contributed by atoms with van der Waals surface area (Å²) in [4.78, 5) is 2.45. The first kappa shape index (κ1) is 14.2. The van der Waals surface area contributed by atoms with Crippen LogP contribution in [0, 0.1) is 5.41 Å². The van der Waals surface area contributed by atoms with E-state index in [9.17, 15) is 5.11 Å². The number of ether oxygens (including phenoxy) is 1. The van der Waals surface area contributed by atoms with Crippen LogP contribution in [0.3, 0.4) is 0 Å². The lowest BCUT2D eigenvalue weighted by Crippen LogP contribution is -2.26. The maximum atomic E-state index is 10.1. The summed E-state index contributed by atoms with van der Waals surface area (Å²) in [6, 6.07) is 5.72. The summed E-state index contributed by atoms with van der Waals surface area (Å²) < 4.78 is 5.16. The van der Waals surface area contributed by atoms with Crippen LogP contribution in [0.1, 0.15) is 38.7 Å². The van der Waals surface area contributed by atoms with E-state index in [1.54, 1.807) is 13.2 Å². The molecule has 0 aromatic heterocycles. The Bertz CT molecular complexity index is 427. The largest absolute Gasteiger partial charge is 0.504 e. The van der Waals surface area contributed by atoms with Crippen LogP contribution < -0.4 is 4.74 Å². The summed E-state index contributed by atoms with van der Waals surface area (Å²) >= 11 is 0. The molecule has 0 aliphatic carbocycles. The van der Waals surface area contributed by atoms with Crippen LogP contribution in [0.5, 0.6) is 11.5 Å². The molecule has 1 aromatic carbocycles. The number of phenols is 1. The van der Waals surface area contributed by atoms with Gasteiger partial charge in [0.2, 0.25) is 0 Å². The van der Waals surface area contributed by atoms with Crippen LogP contribution in [0.15, 0.2) is 18.2 Å². The van der Waals surface area contributed by atoms with Gasteiger partial charge in [-0.3, -0.25) is 4.90 Å². The van der Waals surface area contributed by atoms with Crippen molar-refractivity contribution < 1.29 is 9.84 Å². The predicted molar refractivity (Wildman–Crippen MR) is 77.6 cm³/mol. The molecule has 0 radical (unpaired) electrons. The molecule has 1 fully saturated rings. The van der Waals surface area contributed by atoms with Crippen LogP contribution in [-0.4, -0.2) is 30.2 Å². The monoisotopic (exact) mass is 263 g/mol. The SMILES string of the molecule is CCC1(CC)CCN(Cc2cccc(OC)c2O)C1. The molecule has 1 heterocycles. The van der Waals surface area contributed by atoms with Crippen molar-refractivity contribution in [1.82, 2.24) is 4.90 Å². The van der Waals surface area contributed by atoms with Crippen LogP contribution >= 0.6 is 0 Å². The van der Waals surface area contributed by atoms with Gasteiger partial charge in [-0.2, -0.15) is 0 Å². The van der Waals surface area contributed by atoms with Gasteiger partial charge in [-0.05, 0) is 37.3 Å². The van der Waals surface area contributed by atoms with Gasteiger partial charge in [0.05, 0.1) is 7.11 Å². The average molecular weight is 263 g/mol. The Morgan fingerprint density at radius 3 is 2.63 bits per heavy atom. The van der Waals surface area contributed by atoms with Gasteiger partial charge in [-0.25, -0.2) is 0 Å². The molecule has 1 saturated heterocycles. The minimum Gasteiger partial charge on any atom is -0.504 e. The number of benzene rings is 1. The number of nitrogens with zero attached hydrogens (tertiary/aromatic N) is 1. The molecule has 1 aliphatic heterocycles. The molecule has 1 aliphatic rings. The van der Waals surface area contributed by atoms with Gasteiger partial charge in [-0.1, -0.05) is 26.0 Å². The molecule has 1 aromatic rings. The average Bonchev–Trinajstić information content (AvgIpc) is 2.85. The number of para-hydroxylation sites is 1. The molecule has 2 rings (SSSR count). The fourth-order valence-electron chi connectivity index (χ4n) is 3.09. The normalized spacial score (nSPS) is 18.7. The molecule has 106 valence electrons. The Hall–Kier alpha value is -1.22. The first-order valence-corrected chi connectivity index (χ1v) is 7.21. The molecule has 0 amide bonds. The first-order valence-electron chi connectivity index (χ1n) is 7.21. The molecule has 19 heavy (non-hydrogen) atoms. The lowest BCUT2D eigenvalue weighted by Gasteiger charge is -2.26. The van der Waals surface area contributed by atoms with Gasteiger partial charge in [-0.15, -0.1) is 0 Å². The molecule has 0 saturated carbocycles. The standard InChI is InChI=1S/C16H25NO2/c1-4-16(5-2)9-10-17(12-16)11-13-7-6-8-14(19-3)15(13)18/h6-8,18H,4-5,9-12H2,1-3H3. The highest BCUT2D eigenvalue weighted by Gasteiger charge is 2.34. The van der Waals surface area contributed by atoms with E-state index in [-0.39, 0.29) is 5.75 Å². The Balaban J connectivity index is 2.07. The summed E-state index contributed by atoms with van der Waals surface area (Å²) in [5, 5.41) is 10.1. The number of methoxy groups -OCH3 is 1. The third-order valence-corrected chi connectivity index (χ3v) is 4.71. The van der Waals surface area contributed by atoms with Crippen molar-refractivity contribution in [3.8, 4) is 11.5 Å². The number of hydrogen-bond donors (Lipinski definition) is 1. The van der Waals surface area contributed by atoms with Gasteiger partial charge in [0.15, 0.2) is 11.5 Å². The van der Waals surface area contributed by atoms with Crippen LogP contribution in [0.25, 0.3) is 0 Å². The zero-order valence-electron chi connectivity index (χ0n) is 12.3. The van der Waals surface area contributed by atoms with Gasteiger partial charge in [0.25, 0.3) is 0 Å². The molecule has 0 bridgehead atoms. The topological polar surface area (TPSA) is 32.7 Å². The van der Waals surface area contributed by atoms with E-state index < -0.39 is 0 Å². The molecule has 0 spiro atoms. The van der Waals surface area contributed by atoms with E-state index in [2.05, 4.69) is 18.7 Å². The van der Waals surface area contributed by atoms with Crippen LogP contribution in [-0.2, 0) is 6.54 Å². The Kier molecular flexibility index (Phi) is 4.35.